The predicted octanol–water partition coefficient (Wildman–Crippen LogP) is 2.41. The van der Waals surface area contributed by atoms with Crippen LogP contribution in [0, 0.1) is 20.8 Å². The Balaban J connectivity index is 1.71. The SMILES string of the molecule is COc1ccc(C)cc1[C@@H](O)CN1CCC[C@@H]1Cn1nc(C)nc1C. The largest absolute Gasteiger partial charge is 0.496 e. The van der Waals surface area contributed by atoms with Crippen molar-refractivity contribution >= 4 is 0 Å². The Morgan fingerprint density at radius 1 is 1.32 bits per heavy atom. The van der Waals surface area contributed by atoms with E-state index in [9.17, 15) is 5.11 Å². The third-order valence-electron chi connectivity index (χ3n) is 5.00. The number of aryl methyl sites for hydroxylation is 3. The van der Waals surface area contributed by atoms with E-state index in [0.717, 1.165) is 54.5 Å². The highest BCUT2D eigenvalue weighted by molar-refractivity contribution is 5.38. The molecule has 1 aliphatic heterocycles. The second-order valence-corrected chi connectivity index (χ2v) is 6.94. The first-order chi connectivity index (χ1) is 12.0. The monoisotopic (exact) mass is 344 g/mol. The van der Waals surface area contributed by atoms with Crippen molar-refractivity contribution in [2.75, 3.05) is 20.2 Å². The zero-order valence-corrected chi connectivity index (χ0v) is 15.6. The lowest BCUT2D eigenvalue weighted by Crippen LogP contribution is -2.36. The van der Waals surface area contributed by atoms with Crippen LogP contribution in [0.5, 0.6) is 5.75 Å². The first kappa shape index (κ1) is 17.9. The molecule has 0 saturated carbocycles. The van der Waals surface area contributed by atoms with Gasteiger partial charge in [-0.1, -0.05) is 11.6 Å². The first-order valence-electron chi connectivity index (χ1n) is 8.92. The van der Waals surface area contributed by atoms with E-state index in [1.54, 1.807) is 7.11 Å². The molecule has 1 saturated heterocycles. The summed E-state index contributed by atoms with van der Waals surface area (Å²) in [5.41, 5.74) is 1.99. The Morgan fingerprint density at radius 3 is 2.80 bits per heavy atom. The maximum absolute atomic E-state index is 10.8. The smallest absolute Gasteiger partial charge is 0.147 e. The number of ether oxygens (including phenoxy) is 1. The van der Waals surface area contributed by atoms with Crippen LogP contribution in [0.4, 0.5) is 0 Å². The minimum atomic E-state index is -0.561. The number of rotatable bonds is 6. The number of aliphatic hydroxyl groups excluding tert-OH is 1. The van der Waals surface area contributed by atoms with Crippen LogP contribution in [0.3, 0.4) is 0 Å². The molecule has 136 valence electrons. The highest BCUT2D eigenvalue weighted by atomic mass is 16.5. The molecule has 1 aliphatic rings. The Hall–Kier alpha value is -1.92. The van der Waals surface area contributed by atoms with Crippen molar-refractivity contribution in [1.82, 2.24) is 19.7 Å². The Bertz CT molecular complexity index is 728. The van der Waals surface area contributed by atoms with Crippen molar-refractivity contribution in [3.05, 3.63) is 41.0 Å². The van der Waals surface area contributed by atoms with E-state index in [4.69, 9.17) is 4.74 Å². The molecule has 2 aromatic rings. The highest BCUT2D eigenvalue weighted by Crippen LogP contribution is 2.29. The van der Waals surface area contributed by atoms with Gasteiger partial charge in [0.2, 0.25) is 0 Å². The van der Waals surface area contributed by atoms with Gasteiger partial charge in [-0.05, 0) is 52.3 Å². The van der Waals surface area contributed by atoms with E-state index in [1.165, 1.54) is 0 Å². The number of aliphatic hydroxyl groups is 1. The van der Waals surface area contributed by atoms with E-state index < -0.39 is 6.10 Å². The van der Waals surface area contributed by atoms with Gasteiger partial charge < -0.3 is 9.84 Å². The maximum Gasteiger partial charge on any atom is 0.147 e. The molecule has 1 N–H and O–H groups in total. The van der Waals surface area contributed by atoms with Gasteiger partial charge >= 0.3 is 0 Å². The van der Waals surface area contributed by atoms with Crippen LogP contribution in [-0.2, 0) is 6.54 Å². The Kier molecular flexibility index (Phi) is 5.39. The lowest BCUT2D eigenvalue weighted by molar-refractivity contribution is 0.0981. The standard InChI is InChI=1S/C19H28N4O2/c1-13-7-8-19(25-4)17(10-13)18(24)12-22-9-5-6-16(22)11-23-15(3)20-14(2)21-23/h7-8,10,16,18,24H,5-6,9,11-12H2,1-4H3/t16-,18+/m1/s1. The predicted molar refractivity (Wildman–Crippen MR) is 96.8 cm³/mol. The summed E-state index contributed by atoms with van der Waals surface area (Å²) in [5, 5.41) is 15.3. The molecule has 6 heteroatoms. The third-order valence-corrected chi connectivity index (χ3v) is 5.00. The summed E-state index contributed by atoms with van der Waals surface area (Å²) in [5.74, 6) is 2.51. The average molecular weight is 344 g/mol. The van der Waals surface area contributed by atoms with E-state index in [1.807, 2.05) is 43.7 Å². The van der Waals surface area contributed by atoms with Gasteiger partial charge in [-0.25, -0.2) is 9.67 Å². The normalized spacial score (nSPS) is 19.3. The molecule has 0 bridgehead atoms. The van der Waals surface area contributed by atoms with Crippen molar-refractivity contribution in [2.45, 2.75) is 52.3 Å². The lowest BCUT2D eigenvalue weighted by Gasteiger charge is -2.27. The van der Waals surface area contributed by atoms with Crippen LogP contribution in [0.2, 0.25) is 0 Å². The summed E-state index contributed by atoms with van der Waals surface area (Å²) in [7, 11) is 1.65. The second kappa shape index (κ2) is 7.54. The lowest BCUT2D eigenvalue weighted by atomic mass is 10.0. The van der Waals surface area contributed by atoms with Crippen LogP contribution in [0.15, 0.2) is 18.2 Å². The van der Waals surface area contributed by atoms with Gasteiger partial charge in [0.15, 0.2) is 0 Å². The van der Waals surface area contributed by atoms with E-state index in [-0.39, 0.29) is 0 Å². The molecule has 25 heavy (non-hydrogen) atoms. The number of β-amino-alcohol motifs (C(OH)–C–C–N with tert-alkyl or cyclic N) is 1. The van der Waals surface area contributed by atoms with Gasteiger partial charge in [0.1, 0.15) is 17.4 Å². The molecule has 1 aromatic carbocycles. The summed E-state index contributed by atoms with van der Waals surface area (Å²) in [6.45, 7) is 8.38. The van der Waals surface area contributed by atoms with Crippen molar-refractivity contribution in [1.29, 1.82) is 0 Å². The minimum Gasteiger partial charge on any atom is -0.496 e. The summed E-state index contributed by atoms with van der Waals surface area (Å²) in [4.78, 5) is 6.75. The van der Waals surface area contributed by atoms with Crippen molar-refractivity contribution in [3.8, 4) is 5.75 Å². The van der Waals surface area contributed by atoms with Gasteiger partial charge in [-0.3, -0.25) is 4.90 Å². The van der Waals surface area contributed by atoms with Crippen LogP contribution >= 0.6 is 0 Å². The summed E-state index contributed by atoms with van der Waals surface area (Å²) < 4.78 is 7.41. The summed E-state index contributed by atoms with van der Waals surface area (Å²) >= 11 is 0. The fourth-order valence-corrected chi connectivity index (χ4v) is 3.71. The number of benzene rings is 1. The third kappa shape index (κ3) is 4.02. The van der Waals surface area contributed by atoms with Crippen LogP contribution in [0.25, 0.3) is 0 Å². The fourth-order valence-electron chi connectivity index (χ4n) is 3.71. The summed E-state index contributed by atoms with van der Waals surface area (Å²) in [6.07, 6.45) is 1.71. The molecule has 1 aromatic heterocycles. The molecule has 3 rings (SSSR count). The highest BCUT2D eigenvalue weighted by Gasteiger charge is 2.28. The van der Waals surface area contributed by atoms with Gasteiger partial charge in [0.25, 0.3) is 0 Å². The fraction of sp³-hybridized carbons (Fsp3) is 0.579. The van der Waals surface area contributed by atoms with Crippen LogP contribution in [0.1, 0.15) is 41.7 Å². The minimum absolute atomic E-state index is 0.380. The average Bonchev–Trinajstić information content (AvgIpc) is 3.13. The van der Waals surface area contributed by atoms with Gasteiger partial charge in [-0.15, -0.1) is 0 Å². The maximum atomic E-state index is 10.8. The topological polar surface area (TPSA) is 63.4 Å². The molecule has 6 nitrogen and oxygen atoms in total. The van der Waals surface area contributed by atoms with Gasteiger partial charge in [0.05, 0.1) is 19.8 Å². The molecule has 2 heterocycles. The zero-order valence-electron chi connectivity index (χ0n) is 15.6. The summed E-state index contributed by atoms with van der Waals surface area (Å²) in [6, 6.07) is 6.32. The van der Waals surface area contributed by atoms with E-state index in [0.29, 0.717) is 12.6 Å². The zero-order chi connectivity index (χ0) is 18.0. The van der Waals surface area contributed by atoms with Gasteiger partial charge in [-0.2, -0.15) is 5.10 Å². The Labute approximate surface area is 149 Å². The molecule has 0 aliphatic carbocycles. The molecular formula is C19H28N4O2. The molecule has 0 amide bonds. The molecule has 2 atom stereocenters. The number of methoxy groups -OCH3 is 1. The molecular weight excluding hydrogens is 316 g/mol. The quantitative estimate of drug-likeness (QED) is 0.872. The molecule has 0 unspecified atom stereocenters. The van der Waals surface area contributed by atoms with E-state index >= 15 is 0 Å². The number of likely N-dealkylation sites (tertiary alicyclic amines) is 1. The van der Waals surface area contributed by atoms with Crippen molar-refractivity contribution in [3.63, 3.8) is 0 Å². The second-order valence-electron chi connectivity index (χ2n) is 6.94. The van der Waals surface area contributed by atoms with Crippen molar-refractivity contribution < 1.29 is 9.84 Å². The first-order valence-corrected chi connectivity index (χ1v) is 8.92. The Morgan fingerprint density at radius 2 is 2.12 bits per heavy atom. The number of hydrogen-bond donors (Lipinski definition) is 1. The van der Waals surface area contributed by atoms with Crippen LogP contribution < -0.4 is 4.74 Å². The van der Waals surface area contributed by atoms with Crippen molar-refractivity contribution in [2.24, 2.45) is 0 Å². The van der Waals surface area contributed by atoms with Gasteiger partial charge in [0, 0.05) is 18.2 Å². The molecule has 1 fully saturated rings. The number of nitrogens with zero attached hydrogens (tertiary/aromatic N) is 4. The molecule has 0 radical (unpaired) electrons. The van der Waals surface area contributed by atoms with E-state index in [2.05, 4.69) is 15.0 Å². The number of hydrogen-bond acceptors (Lipinski definition) is 5. The number of aromatic nitrogens is 3. The van der Waals surface area contributed by atoms with Crippen LogP contribution in [-0.4, -0.2) is 51.0 Å². The molecule has 0 spiro atoms.